The Labute approximate surface area is 125 Å². The van der Waals surface area contributed by atoms with E-state index in [4.69, 9.17) is 4.98 Å². The predicted molar refractivity (Wildman–Crippen MR) is 82.8 cm³/mol. The Kier molecular flexibility index (Phi) is 3.16. The minimum absolute atomic E-state index is 0.0785. The zero-order chi connectivity index (χ0) is 15.4. The first kappa shape index (κ1) is 14.3. The number of hydrogen-bond donors (Lipinski definition) is 0. The molecule has 1 fully saturated rings. The average molecular weight is 289 g/mol. The first-order valence-corrected chi connectivity index (χ1v) is 7.39. The maximum atomic E-state index is 12.6. The molecule has 1 saturated heterocycles. The van der Waals surface area contributed by atoms with Crippen LogP contribution < -0.4 is 9.80 Å². The molecule has 1 aromatic rings. The van der Waals surface area contributed by atoms with Gasteiger partial charge in [0, 0.05) is 32.1 Å². The van der Waals surface area contributed by atoms with Gasteiger partial charge in [0.2, 0.25) is 0 Å². The van der Waals surface area contributed by atoms with Crippen molar-refractivity contribution in [1.29, 1.82) is 0 Å². The zero-order valence-electron chi connectivity index (χ0n) is 13.4. The second kappa shape index (κ2) is 4.66. The first-order chi connectivity index (χ1) is 9.79. The third-order valence-corrected chi connectivity index (χ3v) is 4.29. The second-order valence-corrected chi connectivity index (χ2v) is 7.02. The molecule has 1 amide bonds. The fourth-order valence-electron chi connectivity index (χ4n) is 2.87. The predicted octanol–water partition coefficient (Wildman–Crippen LogP) is 0.871. The quantitative estimate of drug-likeness (QED) is 0.709. The van der Waals surface area contributed by atoms with Crippen molar-refractivity contribution >= 4 is 17.5 Å². The molecule has 6 heteroatoms. The summed E-state index contributed by atoms with van der Waals surface area (Å²) < 4.78 is 0. The monoisotopic (exact) mass is 289 g/mol. The van der Waals surface area contributed by atoms with Crippen LogP contribution in [0.15, 0.2) is 6.20 Å². The lowest BCUT2D eigenvalue weighted by atomic mass is 9.92. The number of likely N-dealkylation sites (N-methyl/N-ethyl adjacent to an activating group) is 2. The van der Waals surface area contributed by atoms with Crippen LogP contribution in [0.2, 0.25) is 0 Å². The summed E-state index contributed by atoms with van der Waals surface area (Å²) in [5.41, 5.74) is 0.832. The summed E-state index contributed by atoms with van der Waals surface area (Å²) in [5, 5.41) is 0. The lowest BCUT2D eigenvalue weighted by Gasteiger charge is -2.45. The highest BCUT2D eigenvalue weighted by Gasteiger charge is 2.41. The highest BCUT2D eigenvalue weighted by Crippen LogP contribution is 2.34. The van der Waals surface area contributed by atoms with Gasteiger partial charge < -0.3 is 9.80 Å². The number of carbonyl (C=O) groups excluding carboxylic acids is 1. The number of carbonyl (C=O) groups is 1. The van der Waals surface area contributed by atoms with Crippen LogP contribution in [-0.2, 0) is 10.2 Å². The fraction of sp³-hybridized carbons (Fsp3) is 0.667. The molecule has 1 aromatic heterocycles. The number of piperazine rings is 1. The molecule has 0 bridgehead atoms. The van der Waals surface area contributed by atoms with Gasteiger partial charge in [-0.3, -0.25) is 9.69 Å². The van der Waals surface area contributed by atoms with Crippen molar-refractivity contribution in [1.82, 2.24) is 14.9 Å². The third-order valence-electron chi connectivity index (χ3n) is 4.29. The number of aromatic nitrogens is 2. The number of fused-ring (bicyclic) bond motifs is 3. The molecule has 114 valence electrons. The van der Waals surface area contributed by atoms with Crippen LogP contribution >= 0.6 is 0 Å². The highest BCUT2D eigenvalue weighted by molar-refractivity contribution is 6.03. The van der Waals surface area contributed by atoms with E-state index < -0.39 is 0 Å². The van der Waals surface area contributed by atoms with Crippen LogP contribution in [0.4, 0.5) is 11.6 Å². The molecule has 3 rings (SSSR count). The van der Waals surface area contributed by atoms with Gasteiger partial charge in [-0.15, -0.1) is 0 Å². The average Bonchev–Trinajstić information content (AvgIpc) is 2.43. The standard InChI is InChI=1S/C15H23N5O/c1-15(2,3)11-8-16-12-13(17-11)19(5)14(21)10-9-18(4)6-7-20(10)12/h8,10H,6-7,9H2,1-5H3/t10-/m0/s1. The van der Waals surface area contributed by atoms with Crippen molar-refractivity contribution in [2.75, 3.05) is 43.5 Å². The number of rotatable bonds is 0. The molecule has 3 heterocycles. The molecule has 0 saturated carbocycles. The van der Waals surface area contributed by atoms with Crippen LogP contribution in [0.1, 0.15) is 26.5 Å². The van der Waals surface area contributed by atoms with Crippen LogP contribution in [0.5, 0.6) is 0 Å². The van der Waals surface area contributed by atoms with Gasteiger partial charge >= 0.3 is 0 Å². The van der Waals surface area contributed by atoms with E-state index in [0.717, 1.165) is 31.1 Å². The summed E-state index contributed by atoms with van der Waals surface area (Å²) in [5.74, 6) is 1.63. The van der Waals surface area contributed by atoms with Crippen molar-refractivity contribution in [2.24, 2.45) is 0 Å². The van der Waals surface area contributed by atoms with E-state index in [1.54, 1.807) is 11.9 Å². The Balaban J connectivity index is 2.07. The lowest BCUT2D eigenvalue weighted by Crippen LogP contribution is -2.61. The van der Waals surface area contributed by atoms with E-state index in [0.29, 0.717) is 5.82 Å². The van der Waals surface area contributed by atoms with Crippen molar-refractivity contribution in [3.8, 4) is 0 Å². The van der Waals surface area contributed by atoms with E-state index >= 15 is 0 Å². The van der Waals surface area contributed by atoms with Crippen LogP contribution in [-0.4, -0.2) is 60.5 Å². The van der Waals surface area contributed by atoms with E-state index in [9.17, 15) is 4.79 Å². The van der Waals surface area contributed by atoms with Gasteiger partial charge in [0.05, 0.1) is 11.9 Å². The van der Waals surface area contributed by atoms with Crippen molar-refractivity contribution < 1.29 is 4.79 Å². The lowest BCUT2D eigenvalue weighted by molar-refractivity contribution is -0.120. The highest BCUT2D eigenvalue weighted by atomic mass is 16.2. The molecule has 2 aliphatic rings. The van der Waals surface area contributed by atoms with Crippen molar-refractivity contribution in [2.45, 2.75) is 32.2 Å². The van der Waals surface area contributed by atoms with Crippen molar-refractivity contribution in [3.05, 3.63) is 11.9 Å². The molecule has 1 atom stereocenters. The molecule has 0 N–H and O–H groups in total. The van der Waals surface area contributed by atoms with E-state index in [1.165, 1.54) is 0 Å². The molecule has 21 heavy (non-hydrogen) atoms. The summed E-state index contributed by atoms with van der Waals surface area (Å²) in [6.45, 7) is 8.81. The topological polar surface area (TPSA) is 52.6 Å². The molecule has 0 spiro atoms. The Hall–Kier alpha value is -1.69. The van der Waals surface area contributed by atoms with Crippen LogP contribution in [0, 0.1) is 0 Å². The molecule has 0 aromatic carbocycles. The van der Waals surface area contributed by atoms with Gasteiger partial charge in [0.15, 0.2) is 11.6 Å². The van der Waals surface area contributed by atoms with Crippen molar-refractivity contribution in [3.63, 3.8) is 0 Å². The van der Waals surface area contributed by atoms with E-state index in [1.807, 2.05) is 6.20 Å². The Bertz CT molecular complexity index is 580. The minimum Gasteiger partial charge on any atom is -0.339 e. The number of nitrogens with zero attached hydrogens (tertiary/aromatic N) is 5. The van der Waals surface area contributed by atoms with Gasteiger partial charge in [-0.1, -0.05) is 20.8 Å². The smallest absolute Gasteiger partial charge is 0.252 e. The van der Waals surface area contributed by atoms with Gasteiger partial charge in [-0.2, -0.15) is 0 Å². The second-order valence-electron chi connectivity index (χ2n) is 7.02. The van der Waals surface area contributed by atoms with Gasteiger partial charge in [-0.25, -0.2) is 9.97 Å². The zero-order valence-corrected chi connectivity index (χ0v) is 13.4. The molecule has 0 radical (unpaired) electrons. The SMILES string of the molecule is CN1CCN2c3ncc(C(C)(C)C)nc3N(C)C(=O)[C@@H]2C1. The minimum atomic E-state index is -0.143. The fourth-order valence-corrected chi connectivity index (χ4v) is 2.87. The third kappa shape index (κ3) is 2.27. The Morgan fingerprint density at radius 3 is 2.57 bits per heavy atom. The van der Waals surface area contributed by atoms with Crippen LogP contribution in [0.3, 0.4) is 0 Å². The molecule has 0 aliphatic carbocycles. The first-order valence-electron chi connectivity index (χ1n) is 7.39. The number of anilines is 2. The maximum absolute atomic E-state index is 12.6. The summed E-state index contributed by atoms with van der Waals surface area (Å²) >= 11 is 0. The van der Waals surface area contributed by atoms with E-state index in [-0.39, 0.29) is 17.4 Å². The summed E-state index contributed by atoms with van der Waals surface area (Å²) in [4.78, 5) is 27.9. The van der Waals surface area contributed by atoms with E-state index in [2.05, 4.69) is 42.6 Å². The summed E-state index contributed by atoms with van der Waals surface area (Å²) in [6, 6.07) is -0.143. The normalized spacial score (nSPS) is 23.1. The summed E-state index contributed by atoms with van der Waals surface area (Å²) in [6.07, 6.45) is 1.85. The number of hydrogen-bond acceptors (Lipinski definition) is 5. The molecular weight excluding hydrogens is 266 g/mol. The van der Waals surface area contributed by atoms with Crippen LogP contribution in [0.25, 0.3) is 0 Å². The molecule has 6 nitrogen and oxygen atoms in total. The molecular formula is C15H23N5O. The Morgan fingerprint density at radius 1 is 1.19 bits per heavy atom. The van der Waals surface area contributed by atoms with Gasteiger partial charge in [0.1, 0.15) is 6.04 Å². The van der Waals surface area contributed by atoms with Gasteiger partial charge in [0.25, 0.3) is 5.91 Å². The summed E-state index contributed by atoms with van der Waals surface area (Å²) in [7, 11) is 3.85. The van der Waals surface area contributed by atoms with Gasteiger partial charge in [-0.05, 0) is 7.05 Å². The molecule has 2 aliphatic heterocycles. The number of amides is 1. The maximum Gasteiger partial charge on any atom is 0.252 e. The largest absolute Gasteiger partial charge is 0.339 e. The Morgan fingerprint density at radius 2 is 1.90 bits per heavy atom. The molecule has 0 unspecified atom stereocenters.